The second-order valence-corrected chi connectivity index (χ2v) is 8.49. The molecule has 0 aromatic heterocycles. The van der Waals surface area contributed by atoms with Crippen molar-refractivity contribution in [2.75, 3.05) is 78.3 Å². The summed E-state index contributed by atoms with van der Waals surface area (Å²) in [5.41, 5.74) is 0.718. The first kappa shape index (κ1) is 29.3. The van der Waals surface area contributed by atoms with Gasteiger partial charge in [0.1, 0.15) is 11.5 Å². The van der Waals surface area contributed by atoms with Gasteiger partial charge in [-0.2, -0.15) is 0 Å². The van der Waals surface area contributed by atoms with Gasteiger partial charge in [-0.1, -0.05) is 0 Å². The SMILES string of the molecule is COC(CNCCNc1ccc(NCCNCC(OC)OC)c2c1C(=O)c1c(O)ccc(O)c1C2=O)OC. The van der Waals surface area contributed by atoms with Crippen molar-refractivity contribution in [1.82, 2.24) is 10.6 Å². The van der Waals surface area contributed by atoms with E-state index in [9.17, 15) is 19.8 Å². The number of nitrogens with one attached hydrogen (secondary N) is 4. The van der Waals surface area contributed by atoms with E-state index in [1.807, 2.05) is 0 Å². The first-order valence-electron chi connectivity index (χ1n) is 12.2. The fraction of sp³-hybridized carbons (Fsp3) is 0.462. The average molecular weight is 533 g/mol. The number of phenolic OH excluding ortho intramolecular Hbond substituents is 2. The highest BCUT2D eigenvalue weighted by molar-refractivity contribution is 6.33. The molecule has 0 atom stereocenters. The van der Waals surface area contributed by atoms with Crippen LogP contribution in [0.1, 0.15) is 31.8 Å². The lowest BCUT2D eigenvalue weighted by Gasteiger charge is -2.25. The zero-order chi connectivity index (χ0) is 27.7. The van der Waals surface area contributed by atoms with E-state index in [0.29, 0.717) is 50.6 Å². The number of benzene rings is 2. The summed E-state index contributed by atoms with van der Waals surface area (Å²) < 4.78 is 20.6. The van der Waals surface area contributed by atoms with Crippen LogP contribution in [-0.2, 0) is 18.9 Å². The van der Waals surface area contributed by atoms with Crippen molar-refractivity contribution < 1.29 is 38.7 Å². The van der Waals surface area contributed by atoms with Gasteiger partial charge in [0.25, 0.3) is 0 Å². The number of ether oxygens (including phenoxy) is 4. The van der Waals surface area contributed by atoms with Gasteiger partial charge in [-0.15, -0.1) is 0 Å². The monoisotopic (exact) mass is 532 g/mol. The third-order valence-corrected chi connectivity index (χ3v) is 6.18. The third kappa shape index (κ3) is 6.59. The Labute approximate surface area is 221 Å². The van der Waals surface area contributed by atoms with Gasteiger partial charge in [-0.05, 0) is 24.3 Å². The van der Waals surface area contributed by atoms with Gasteiger partial charge in [0.15, 0.2) is 12.6 Å². The van der Waals surface area contributed by atoms with Crippen LogP contribution >= 0.6 is 0 Å². The van der Waals surface area contributed by atoms with Crippen LogP contribution in [-0.4, -0.2) is 102 Å². The van der Waals surface area contributed by atoms with E-state index in [-0.39, 0.29) is 46.3 Å². The number of fused-ring (bicyclic) bond motifs is 2. The minimum atomic E-state index is -0.554. The molecule has 38 heavy (non-hydrogen) atoms. The number of carbonyl (C=O) groups excluding carboxylic acids is 2. The molecule has 0 spiro atoms. The summed E-state index contributed by atoms with van der Waals surface area (Å²) in [5.74, 6) is -1.84. The van der Waals surface area contributed by atoms with E-state index in [1.165, 1.54) is 12.1 Å². The lowest BCUT2D eigenvalue weighted by molar-refractivity contribution is -0.0986. The van der Waals surface area contributed by atoms with Crippen LogP contribution in [0.2, 0.25) is 0 Å². The van der Waals surface area contributed by atoms with Crippen LogP contribution < -0.4 is 21.3 Å². The summed E-state index contributed by atoms with van der Waals surface area (Å²) in [5, 5.41) is 33.6. The Hall–Kier alpha value is -3.26. The fourth-order valence-electron chi connectivity index (χ4n) is 4.20. The van der Waals surface area contributed by atoms with Crippen molar-refractivity contribution >= 4 is 22.9 Å². The summed E-state index contributed by atoms with van der Waals surface area (Å²) in [4.78, 5) is 27.2. The number of aromatic hydroxyl groups is 2. The largest absolute Gasteiger partial charge is 0.507 e. The van der Waals surface area contributed by atoms with Crippen molar-refractivity contribution in [2.24, 2.45) is 0 Å². The summed E-state index contributed by atoms with van der Waals surface area (Å²) in [7, 11) is 6.20. The maximum Gasteiger partial charge on any atom is 0.200 e. The molecule has 0 aliphatic heterocycles. The minimum Gasteiger partial charge on any atom is -0.507 e. The lowest BCUT2D eigenvalue weighted by atomic mass is 9.81. The molecule has 0 radical (unpaired) electrons. The molecule has 2 aromatic carbocycles. The molecule has 3 rings (SSSR count). The van der Waals surface area contributed by atoms with E-state index in [1.54, 1.807) is 40.6 Å². The van der Waals surface area contributed by atoms with Crippen molar-refractivity contribution in [3.8, 4) is 11.5 Å². The van der Waals surface area contributed by atoms with E-state index >= 15 is 0 Å². The fourth-order valence-corrected chi connectivity index (χ4v) is 4.20. The van der Waals surface area contributed by atoms with Gasteiger partial charge >= 0.3 is 0 Å². The van der Waals surface area contributed by atoms with Crippen LogP contribution in [0.3, 0.4) is 0 Å². The number of hydrogen-bond acceptors (Lipinski definition) is 12. The van der Waals surface area contributed by atoms with Crippen LogP contribution in [0.5, 0.6) is 11.5 Å². The molecule has 2 aromatic rings. The Bertz CT molecular complexity index is 1030. The first-order chi connectivity index (χ1) is 18.4. The van der Waals surface area contributed by atoms with Crippen LogP contribution in [0.15, 0.2) is 24.3 Å². The molecule has 0 heterocycles. The van der Waals surface area contributed by atoms with Crippen LogP contribution in [0.25, 0.3) is 0 Å². The number of ketones is 2. The predicted molar refractivity (Wildman–Crippen MR) is 141 cm³/mol. The average Bonchev–Trinajstić information content (AvgIpc) is 2.92. The van der Waals surface area contributed by atoms with Gasteiger partial charge in [-0.25, -0.2) is 0 Å². The number of rotatable bonds is 16. The highest BCUT2D eigenvalue weighted by atomic mass is 16.7. The van der Waals surface area contributed by atoms with Crippen molar-refractivity contribution in [3.05, 3.63) is 46.5 Å². The van der Waals surface area contributed by atoms with Crippen molar-refractivity contribution in [2.45, 2.75) is 12.6 Å². The van der Waals surface area contributed by atoms with E-state index in [2.05, 4.69) is 21.3 Å². The molecule has 1 aliphatic carbocycles. The minimum absolute atomic E-state index is 0.131. The number of carbonyl (C=O) groups is 2. The zero-order valence-electron chi connectivity index (χ0n) is 22.1. The van der Waals surface area contributed by atoms with Crippen molar-refractivity contribution in [1.29, 1.82) is 0 Å². The predicted octanol–water partition coefficient (Wildman–Crippen LogP) is 1.11. The van der Waals surface area contributed by atoms with Crippen LogP contribution in [0, 0.1) is 0 Å². The normalized spacial score (nSPS) is 12.7. The lowest BCUT2D eigenvalue weighted by Crippen LogP contribution is -2.33. The first-order valence-corrected chi connectivity index (χ1v) is 12.2. The Morgan fingerprint density at radius 1 is 0.605 bits per heavy atom. The number of methoxy groups -OCH3 is 4. The molecule has 1 aliphatic rings. The molecule has 208 valence electrons. The van der Waals surface area contributed by atoms with E-state index in [4.69, 9.17) is 18.9 Å². The molecule has 0 amide bonds. The van der Waals surface area contributed by atoms with Gasteiger partial charge < -0.3 is 50.4 Å². The number of anilines is 2. The Kier molecular flexibility index (Phi) is 10.8. The molecule has 0 fully saturated rings. The van der Waals surface area contributed by atoms with Gasteiger partial charge in [-0.3, -0.25) is 9.59 Å². The summed E-state index contributed by atoms with van der Waals surface area (Å²) >= 11 is 0. The summed E-state index contributed by atoms with van der Waals surface area (Å²) in [6.45, 7) is 2.86. The molecule has 12 nitrogen and oxygen atoms in total. The third-order valence-electron chi connectivity index (χ3n) is 6.18. The molecule has 0 saturated carbocycles. The smallest absolute Gasteiger partial charge is 0.200 e. The molecular formula is C26H36N4O8. The number of hydrogen-bond donors (Lipinski definition) is 6. The molecule has 0 saturated heterocycles. The molecular weight excluding hydrogens is 496 g/mol. The van der Waals surface area contributed by atoms with Gasteiger partial charge in [0, 0.05) is 79.1 Å². The summed E-state index contributed by atoms with van der Waals surface area (Å²) in [6, 6.07) is 5.82. The summed E-state index contributed by atoms with van der Waals surface area (Å²) in [6.07, 6.45) is -0.771. The second-order valence-electron chi connectivity index (χ2n) is 8.49. The Morgan fingerprint density at radius 2 is 0.974 bits per heavy atom. The highest BCUT2D eigenvalue weighted by Crippen LogP contribution is 2.42. The zero-order valence-corrected chi connectivity index (χ0v) is 22.1. The molecule has 0 unspecified atom stereocenters. The topological polar surface area (TPSA) is 160 Å². The second kappa shape index (κ2) is 14.0. The van der Waals surface area contributed by atoms with Gasteiger partial charge in [0.2, 0.25) is 11.6 Å². The Morgan fingerprint density at radius 3 is 1.32 bits per heavy atom. The molecule has 0 bridgehead atoms. The maximum absolute atomic E-state index is 13.6. The van der Waals surface area contributed by atoms with Crippen LogP contribution in [0.4, 0.5) is 11.4 Å². The van der Waals surface area contributed by atoms with E-state index < -0.39 is 11.6 Å². The van der Waals surface area contributed by atoms with Gasteiger partial charge in [0.05, 0.1) is 22.3 Å². The standard InChI is InChI=1S/C26H36N4O8/c1-35-19(36-2)13-27-9-11-29-15-5-6-16(30-12-10-28-14-20(37-3)38-4)22-21(15)25(33)23-17(31)7-8-18(32)24(23)26(22)34/h5-8,19-20,27-32H,9-14H2,1-4H3. The maximum atomic E-state index is 13.6. The number of phenols is 2. The van der Waals surface area contributed by atoms with E-state index in [0.717, 1.165) is 0 Å². The van der Waals surface area contributed by atoms with Crippen molar-refractivity contribution in [3.63, 3.8) is 0 Å². The molecule has 6 N–H and O–H groups in total. The quantitative estimate of drug-likeness (QED) is 0.0888. The molecule has 12 heteroatoms. The highest BCUT2D eigenvalue weighted by Gasteiger charge is 2.37. The Balaban J connectivity index is 1.82.